The normalized spacial score (nSPS) is 10.2. The van der Waals surface area contributed by atoms with Crippen LogP contribution in [0.3, 0.4) is 0 Å². The van der Waals surface area contributed by atoms with Crippen LogP contribution in [0, 0.1) is 20.8 Å². The number of amides is 1. The van der Waals surface area contributed by atoms with E-state index in [1.807, 2.05) is 6.07 Å². The van der Waals surface area contributed by atoms with Crippen molar-refractivity contribution in [3.8, 4) is 0 Å². The van der Waals surface area contributed by atoms with Gasteiger partial charge in [0.2, 0.25) is 5.91 Å². The zero-order valence-electron chi connectivity index (χ0n) is 11.6. The van der Waals surface area contributed by atoms with Crippen LogP contribution in [0.15, 0.2) is 12.1 Å². The van der Waals surface area contributed by atoms with Crippen LogP contribution in [-0.4, -0.2) is 11.7 Å². The van der Waals surface area contributed by atoms with Gasteiger partial charge in [-0.25, -0.2) is 0 Å². The third kappa shape index (κ3) is 3.99. The summed E-state index contributed by atoms with van der Waals surface area (Å²) in [6, 6.07) is 4.11. The van der Waals surface area contributed by atoms with Crippen molar-refractivity contribution in [2.75, 3.05) is 0 Å². The number of nitrogens with one attached hydrogen (secondary N) is 1. The van der Waals surface area contributed by atoms with E-state index in [2.05, 4.69) is 32.2 Å². The predicted octanol–water partition coefficient (Wildman–Crippen LogP) is 2.60. The first-order valence-corrected chi connectivity index (χ1v) is 6.23. The first kappa shape index (κ1) is 14.4. The number of aryl methyl sites for hydroxylation is 1. The lowest BCUT2D eigenvalue weighted by Crippen LogP contribution is -2.23. The zero-order chi connectivity index (χ0) is 13.7. The molecule has 1 aromatic rings. The van der Waals surface area contributed by atoms with E-state index in [1.165, 1.54) is 23.6 Å². The standard InChI is InChI=1S/C15H21NO2/c1-10-5-7-14(13(4)12(10)3)9-16-15(18)8-6-11(2)17/h5,7H,6,8-9H2,1-4H3,(H,16,18). The van der Waals surface area contributed by atoms with Crippen molar-refractivity contribution in [1.82, 2.24) is 5.32 Å². The largest absolute Gasteiger partial charge is 0.352 e. The van der Waals surface area contributed by atoms with Crippen LogP contribution < -0.4 is 5.32 Å². The van der Waals surface area contributed by atoms with Crippen LogP contribution in [0.1, 0.15) is 42.0 Å². The Morgan fingerprint density at radius 2 is 1.72 bits per heavy atom. The Hall–Kier alpha value is -1.64. The molecule has 0 aliphatic carbocycles. The molecule has 0 aromatic heterocycles. The van der Waals surface area contributed by atoms with Gasteiger partial charge in [0.15, 0.2) is 0 Å². The molecule has 0 heterocycles. The number of Topliss-reactive ketones (excluding diaryl/α,β-unsaturated/α-hetero) is 1. The Morgan fingerprint density at radius 1 is 1.06 bits per heavy atom. The van der Waals surface area contributed by atoms with E-state index in [1.54, 1.807) is 0 Å². The van der Waals surface area contributed by atoms with Crippen molar-refractivity contribution in [3.63, 3.8) is 0 Å². The van der Waals surface area contributed by atoms with Crippen molar-refractivity contribution in [3.05, 3.63) is 34.4 Å². The van der Waals surface area contributed by atoms with Gasteiger partial charge in [0, 0.05) is 19.4 Å². The van der Waals surface area contributed by atoms with Crippen LogP contribution in [0.25, 0.3) is 0 Å². The summed E-state index contributed by atoms with van der Waals surface area (Å²) in [6.07, 6.45) is 0.594. The molecule has 18 heavy (non-hydrogen) atoms. The molecule has 1 amide bonds. The summed E-state index contributed by atoms with van der Waals surface area (Å²) in [6.45, 7) is 8.27. The van der Waals surface area contributed by atoms with Crippen LogP contribution in [-0.2, 0) is 16.1 Å². The Balaban J connectivity index is 2.56. The number of benzene rings is 1. The molecule has 98 valence electrons. The van der Waals surface area contributed by atoms with Gasteiger partial charge in [-0.15, -0.1) is 0 Å². The molecule has 0 spiro atoms. The molecule has 1 aromatic carbocycles. The molecule has 3 heteroatoms. The highest BCUT2D eigenvalue weighted by Crippen LogP contribution is 2.16. The smallest absolute Gasteiger partial charge is 0.220 e. The Morgan fingerprint density at radius 3 is 2.33 bits per heavy atom. The third-order valence-electron chi connectivity index (χ3n) is 3.35. The number of hydrogen-bond acceptors (Lipinski definition) is 2. The fraction of sp³-hybridized carbons (Fsp3) is 0.467. The van der Waals surface area contributed by atoms with Crippen molar-refractivity contribution in [1.29, 1.82) is 0 Å². The second kappa shape index (κ2) is 6.34. The molecule has 0 saturated carbocycles. The van der Waals surface area contributed by atoms with Gasteiger partial charge in [0.1, 0.15) is 5.78 Å². The Labute approximate surface area is 109 Å². The van der Waals surface area contributed by atoms with Crippen molar-refractivity contribution < 1.29 is 9.59 Å². The molecule has 0 aliphatic rings. The van der Waals surface area contributed by atoms with E-state index in [0.717, 1.165) is 5.56 Å². The van der Waals surface area contributed by atoms with Gasteiger partial charge in [0.05, 0.1) is 0 Å². The van der Waals surface area contributed by atoms with Gasteiger partial charge in [-0.2, -0.15) is 0 Å². The van der Waals surface area contributed by atoms with Gasteiger partial charge >= 0.3 is 0 Å². The summed E-state index contributed by atoms with van der Waals surface area (Å²) in [4.78, 5) is 22.3. The Kier molecular flexibility index (Phi) is 5.08. The molecule has 0 fully saturated rings. The number of ketones is 1. The second-order valence-electron chi connectivity index (χ2n) is 4.77. The van der Waals surface area contributed by atoms with E-state index in [9.17, 15) is 9.59 Å². The summed E-state index contributed by atoms with van der Waals surface area (Å²) < 4.78 is 0. The molecule has 0 bridgehead atoms. The SMILES string of the molecule is CC(=O)CCC(=O)NCc1ccc(C)c(C)c1C. The van der Waals surface area contributed by atoms with Crippen LogP contribution >= 0.6 is 0 Å². The van der Waals surface area contributed by atoms with E-state index in [-0.39, 0.29) is 18.1 Å². The average molecular weight is 247 g/mol. The van der Waals surface area contributed by atoms with Crippen molar-refractivity contribution in [2.24, 2.45) is 0 Å². The van der Waals surface area contributed by atoms with Crippen LogP contribution in [0.5, 0.6) is 0 Å². The first-order chi connectivity index (χ1) is 8.41. The highest BCUT2D eigenvalue weighted by molar-refractivity contribution is 5.83. The quantitative estimate of drug-likeness (QED) is 0.869. The van der Waals surface area contributed by atoms with E-state index < -0.39 is 0 Å². The monoisotopic (exact) mass is 247 g/mol. The fourth-order valence-electron chi connectivity index (χ4n) is 1.78. The molecule has 0 saturated heterocycles. The van der Waals surface area contributed by atoms with Crippen LogP contribution in [0.2, 0.25) is 0 Å². The summed E-state index contributed by atoms with van der Waals surface area (Å²) in [5, 5.41) is 2.85. The number of carbonyl (C=O) groups excluding carboxylic acids is 2. The van der Waals surface area contributed by atoms with Crippen molar-refractivity contribution >= 4 is 11.7 Å². The minimum atomic E-state index is -0.0668. The molecule has 3 nitrogen and oxygen atoms in total. The molecule has 0 atom stereocenters. The lowest BCUT2D eigenvalue weighted by atomic mass is 9.99. The fourth-order valence-corrected chi connectivity index (χ4v) is 1.78. The molecule has 0 radical (unpaired) electrons. The maximum absolute atomic E-state index is 11.5. The average Bonchev–Trinajstić information content (AvgIpc) is 2.32. The summed E-state index contributed by atoms with van der Waals surface area (Å²) in [5.41, 5.74) is 4.89. The maximum Gasteiger partial charge on any atom is 0.220 e. The first-order valence-electron chi connectivity index (χ1n) is 6.23. The molecular weight excluding hydrogens is 226 g/mol. The summed E-state index contributed by atoms with van der Waals surface area (Å²) in [5.74, 6) is -0.0182. The number of rotatable bonds is 5. The third-order valence-corrected chi connectivity index (χ3v) is 3.35. The van der Waals surface area contributed by atoms with E-state index >= 15 is 0 Å². The summed E-state index contributed by atoms with van der Waals surface area (Å²) in [7, 11) is 0. The zero-order valence-corrected chi connectivity index (χ0v) is 11.6. The van der Waals surface area contributed by atoms with Gasteiger partial charge in [-0.05, 0) is 49.9 Å². The van der Waals surface area contributed by atoms with Crippen molar-refractivity contribution in [2.45, 2.75) is 47.1 Å². The predicted molar refractivity (Wildman–Crippen MR) is 72.4 cm³/mol. The Bertz CT molecular complexity index is 464. The molecule has 1 N–H and O–H groups in total. The molecule has 0 unspecified atom stereocenters. The van der Waals surface area contributed by atoms with Gasteiger partial charge in [-0.3, -0.25) is 4.79 Å². The van der Waals surface area contributed by atoms with E-state index in [4.69, 9.17) is 0 Å². The highest BCUT2D eigenvalue weighted by Gasteiger charge is 2.06. The molecule has 0 aliphatic heterocycles. The van der Waals surface area contributed by atoms with Gasteiger partial charge in [0.25, 0.3) is 0 Å². The number of carbonyl (C=O) groups is 2. The van der Waals surface area contributed by atoms with Gasteiger partial charge < -0.3 is 10.1 Å². The van der Waals surface area contributed by atoms with Crippen LogP contribution in [0.4, 0.5) is 0 Å². The highest BCUT2D eigenvalue weighted by atomic mass is 16.2. The lowest BCUT2D eigenvalue weighted by Gasteiger charge is -2.12. The number of hydrogen-bond donors (Lipinski definition) is 1. The molecular formula is C15H21NO2. The molecule has 1 rings (SSSR count). The minimum Gasteiger partial charge on any atom is -0.352 e. The minimum absolute atomic E-state index is 0.0486. The van der Waals surface area contributed by atoms with E-state index in [0.29, 0.717) is 13.0 Å². The summed E-state index contributed by atoms with van der Waals surface area (Å²) >= 11 is 0. The lowest BCUT2D eigenvalue weighted by molar-refractivity contribution is -0.124. The second-order valence-corrected chi connectivity index (χ2v) is 4.77. The van der Waals surface area contributed by atoms with Gasteiger partial charge in [-0.1, -0.05) is 12.1 Å². The topological polar surface area (TPSA) is 46.2 Å². The maximum atomic E-state index is 11.5.